The Hall–Kier alpha value is -1.75. The van der Waals surface area contributed by atoms with Gasteiger partial charge in [0.25, 0.3) is 0 Å². The molecule has 0 aliphatic rings. The average Bonchev–Trinajstić information content (AvgIpc) is 2.59. The van der Waals surface area contributed by atoms with Crippen LogP contribution in [0.2, 0.25) is 5.02 Å². The number of benzene rings is 2. The summed E-state index contributed by atoms with van der Waals surface area (Å²) in [4.78, 5) is 12.3. The molecule has 25 heavy (non-hydrogen) atoms. The maximum Gasteiger partial charge on any atom is 0.224 e. The van der Waals surface area contributed by atoms with Gasteiger partial charge in [-0.25, -0.2) is 0 Å². The van der Waals surface area contributed by atoms with Crippen molar-refractivity contribution in [3.8, 4) is 5.75 Å². The summed E-state index contributed by atoms with van der Waals surface area (Å²) < 4.78 is 5.74. The fourth-order valence-corrected chi connectivity index (χ4v) is 2.53. The van der Waals surface area contributed by atoms with E-state index < -0.39 is 0 Å². The minimum atomic E-state index is -0.338. The molecule has 0 aromatic heterocycles. The lowest BCUT2D eigenvalue weighted by molar-refractivity contribution is -0.125. The van der Waals surface area contributed by atoms with Gasteiger partial charge in [0.15, 0.2) is 0 Å². The monoisotopic (exact) mass is 382 g/mol. The van der Waals surface area contributed by atoms with Crippen molar-refractivity contribution in [1.82, 2.24) is 5.32 Å². The van der Waals surface area contributed by atoms with Gasteiger partial charge in [-0.15, -0.1) is 12.4 Å². The predicted octanol–water partition coefficient (Wildman–Crippen LogP) is 3.98. The van der Waals surface area contributed by atoms with Crippen LogP contribution in [0.3, 0.4) is 0 Å². The minimum absolute atomic E-state index is 0. The highest BCUT2D eigenvalue weighted by Crippen LogP contribution is 2.20. The van der Waals surface area contributed by atoms with Crippen LogP contribution >= 0.6 is 24.0 Å². The number of rotatable bonds is 7. The maximum absolute atomic E-state index is 12.3. The van der Waals surface area contributed by atoms with Gasteiger partial charge in [0.05, 0.1) is 12.5 Å². The highest BCUT2D eigenvalue weighted by Gasteiger charge is 2.22. The first-order valence-electron chi connectivity index (χ1n) is 7.98. The van der Waals surface area contributed by atoms with E-state index >= 15 is 0 Å². The molecule has 0 radical (unpaired) electrons. The zero-order valence-corrected chi connectivity index (χ0v) is 15.9. The van der Waals surface area contributed by atoms with E-state index in [4.69, 9.17) is 22.1 Å². The summed E-state index contributed by atoms with van der Waals surface area (Å²) in [5, 5.41) is 3.51. The molecule has 0 aliphatic heterocycles. The first-order valence-corrected chi connectivity index (χ1v) is 8.35. The molecule has 0 fully saturated rings. The van der Waals surface area contributed by atoms with Crippen molar-refractivity contribution < 1.29 is 9.53 Å². The molecule has 4 nitrogen and oxygen atoms in total. The molecule has 0 saturated carbocycles. The SMILES string of the molecule is CC(CNC(=O)C(C)C(N)c1ccccc1)Oc1cccc(Cl)c1.Cl. The number of carbonyl (C=O) groups excluding carboxylic acids is 1. The fraction of sp³-hybridized carbons (Fsp3) is 0.316. The lowest BCUT2D eigenvalue weighted by Gasteiger charge is -2.21. The molecule has 2 aromatic carbocycles. The second-order valence-corrected chi connectivity index (χ2v) is 6.29. The number of hydrogen-bond donors (Lipinski definition) is 2. The Kier molecular flexibility index (Phi) is 8.76. The average molecular weight is 383 g/mol. The van der Waals surface area contributed by atoms with Gasteiger partial charge < -0.3 is 15.8 Å². The molecule has 2 aromatic rings. The van der Waals surface area contributed by atoms with E-state index in [9.17, 15) is 4.79 Å². The van der Waals surface area contributed by atoms with Gasteiger partial charge in [0, 0.05) is 11.1 Å². The van der Waals surface area contributed by atoms with Crippen LogP contribution in [-0.2, 0) is 4.79 Å². The first kappa shape index (κ1) is 21.3. The number of nitrogens with one attached hydrogen (secondary N) is 1. The summed E-state index contributed by atoms with van der Waals surface area (Å²) >= 11 is 5.93. The Balaban J connectivity index is 0.00000312. The van der Waals surface area contributed by atoms with Gasteiger partial charge in [-0.1, -0.05) is 54.9 Å². The van der Waals surface area contributed by atoms with Crippen molar-refractivity contribution >= 4 is 29.9 Å². The highest BCUT2D eigenvalue weighted by atomic mass is 35.5. The number of carbonyl (C=O) groups is 1. The number of ether oxygens (including phenoxy) is 1. The molecule has 3 unspecified atom stereocenters. The Labute approximate surface area is 160 Å². The third-order valence-electron chi connectivity index (χ3n) is 3.83. The van der Waals surface area contributed by atoms with Crippen molar-refractivity contribution in [2.45, 2.75) is 26.0 Å². The van der Waals surface area contributed by atoms with Crippen LogP contribution in [0, 0.1) is 5.92 Å². The lowest BCUT2D eigenvalue weighted by Crippen LogP contribution is -2.40. The van der Waals surface area contributed by atoms with E-state index in [2.05, 4.69) is 5.32 Å². The van der Waals surface area contributed by atoms with E-state index in [1.165, 1.54) is 0 Å². The van der Waals surface area contributed by atoms with Gasteiger partial charge in [-0.2, -0.15) is 0 Å². The molecule has 0 saturated heterocycles. The third-order valence-corrected chi connectivity index (χ3v) is 4.07. The van der Waals surface area contributed by atoms with E-state index in [1.807, 2.05) is 56.3 Å². The molecule has 6 heteroatoms. The van der Waals surface area contributed by atoms with Crippen molar-refractivity contribution in [3.05, 3.63) is 65.2 Å². The quantitative estimate of drug-likeness (QED) is 0.760. The molecule has 2 rings (SSSR count). The summed E-state index contributed by atoms with van der Waals surface area (Å²) in [6.45, 7) is 4.12. The largest absolute Gasteiger partial charge is 0.489 e. The van der Waals surface area contributed by atoms with Gasteiger partial charge in [0.1, 0.15) is 11.9 Å². The predicted molar refractivity (Wildman–Crippen MR) is 104 cm³/mol. The van der Waals surface area contributed by atoms with Crippen molar-refractivity contribution in [3.63, 3.8) is 0 Å². The summed E-state index contributed by atoms with van der Waals surface area (Å²) in [5.41, 5.74) is 7.13. The van der Waals surface area contributed by atoms with Crippen LogP contribution in [0.25, 0.3) is 0 Å². The number of halogens is 2. The van der Waals surface area contributed by atoms with E-state index in [1.54, 1.807) is 12.1 Å². The number of hydrogen-bond acceptors (Lipinski definition) is 3. The fourth-order valence-electron chi connectivity index (χ4n) is 2.35. The zero-order valence-electron chi connectivity index (χ0n) is 14.3. The summed E-state index contributed by atoms with van der Waals surface area (Å²) in [6, 6.07) is 16.5. The molecular weight excluding hydrogens is 359 g/mol. The normalized spacial score (nSPS) is 13.9. The van der Waals surface area contributed by atoms with Crippen molar-refractivity contribution in [1.29, 1.82) is 0 Å². The highest BCUT2D eigenvalue weighted by molar-refractivity contribution is 6.30. The molecule has 1 amide bonds. The summed E-state index contributed by atoms with van der Waals surface area (Å²) in [7, 11) is 0. The topological polar surface area (TPSA) is 64.4 Å². The third kappa shape index (κ3) is 6.58. The smallest absolute Gasteiger partial charge is 0.224 e. The Morgan fingerprint density at radius 2 is 1.84 bits per heavy atom. The van der Waals surface area contributed by atoms with E-state index in [0.29, 0.717) is 17.3 Å². The van der Waals surface area contributed by atoms with Crippen LogP contribution in [0.15, 0.2) is 54.6 Å². The van der Waals surface area contributed by atoms with Crippen LogP contribution in [-0.4, -0.2) is 18.6 Å². The Bertz CT molecular complexity index is 667. The van der Waals surface area contributed by atoms with Crippen LogP contribution < -0.4 is 15.8 Å². The molecule has 3 N–H and O–H groups in total. The molecule has 3 atom stereocenters. The lowest BCUT2D eigenvalue weighted by atomic mass is 9.94. The molecule has 0 aliphatic carbocycles. The summed E-state index contributed by atoms with van der Waals surface area (Å²) in [6.07, 6.45) is -0.174. The second-order valence-electron chi connectivity index (χ2n) is 5.86. The molecule has 0 bridgehead atoms. The number of nitrogens with two attached hydrogens (primary N) is 1. The molecular formula is C19H24Cl2N2O2. The Morgan fingerprint density at radius 3 is 2.48 bits per heavy atom. The van der Waals surface area contributed by atoms with Gasteiger partial charge in [-0.3, -0.25) is 4.79 Å². The molecule has 136 valence electrons. The molecule has 0 heterocycles. The number of amides is 1. The maximum atomic E-state index is 12.3. The van der Waals surface area contributed by atoms with Gasteiger partial charge in [-0.05, 0) is 30.7 Å². The molecule has 0 spiro atoms. The zero-order chi connectivity index (χ0) is 17.5. The summed E-state index contributed by atoms with van der Waals surface area (Å²) in [5.74, 6) is 0.261. The minimum Gasteiger partial charge on any atom is -0.489 e. The van der Waals surface area contributed by atoms with Crippen LogP contribution in [0.5, 0.6) is 5.75 Å². The van der Waals surface area contributed by atoms with E-state index in [-0.39, 0.29) is 36.4 Å². The van der Waals surface area contributed by atoms with Crippen LogP contribution in [0.4, 0.5) is 0 Å². The Morgan fingerprint density at radius 1 is 1.16 bits per heavy atom. The first-order chi connectivity index (χ1) is 11.5. The standard InChI is InChI=1S/C19H23ClN2O2.ClH/c1-13(24-17-10-6-9-16(20)11-17)12-22-19(23)14(2)18(21)15-7-4-3-5-8-15;/h3-11,13-14,18H,12,21H2,1-2H3,(H,22,23);1H. The van der Waals surface area contributed by atoms with Crippen molar-refractivity contribution in [2.75, 3.05) is 6.54 Å². The van der Waals surface area contributed by atoms with Gasteiger partial charge >= 0.3 is 0 Å². The van der Waals surface area contributed by atoms with Crippen molar-refractivity contribution in [2.24, 2.45) is 11.7 Å². The van der Waals surface area contributed by atoms with E-state index in [0.717, 1.165) is 5.56 Å². The van der Waals surface area contributed by atoms with Crippen LogP contribution in [0.1, 0.15) is 25.5 Å². The van der Waals surface area contributed by atoms with Gasteiger partial charge in [0.2, 0.25) is 5.91 Å². The second kappa shape index (κ2) is 10.3.